The van der Waals surface area contributed by atoms with E-state index in [4.69, 9.17) is 21.1 Å². The first kappa shape index (κ1) is 18.5. The highest BCUT2D eigenvalue weighted by Crippen LogP contribution is 2.18. The molecule has 130 valence electrons. The Bertz CT molecular complexity index is 774. The lowest BCUT2D eigenvalue weighted by molar-refractivity contribution is -0.143. The molecular weight excluding hydrogens is 342 g/mol. The second-order valence-electron chi connectivity index (χ2n) is 5.05. The van der Waals surface area contributed by atoms with Gasteiger partial charge in [-0.05, 0) is 23.8 Å². The summed E-state index contributed by atoms with van der Waals surface area (Å²) in [6.45, 7) is -0.0906. The highest BCUT2D eigenvalue weighted by atomic mass is 35.5. The van der Waals surface area contributed by atoms with Gasteiger partial charge in [-0.3, -0.25) is 4.79 Å². The summed E-state index contributed by atoms with van der Waals surface area (Å²) in [5.74, 6) is -0.373. The fourth-order valence-electron chi connectivity index (χ4n) is 2.03. The summed E-state index contributed by atoms with van der Waals surface area (Å²) in [5, 5.41) is 3.21. The Labute approximate surface area is 151 Å². The van der Waals surface area contributed by atoms with Crippen molar-refractivity contribution in [2.45, 2.75) is 6.54 Å². The van der Waals surface area contributed by atoms with Gasteiger partial charge < -0.3 is 14.8 Å². The third kappa shape index (κ3) is 5.97. The average Bonchev–Trinajstić information content (AvgIpc) is 2.64. The fraction of sp³-hybridized carbons (Fsp3) is 0.158. The summed E-state index contributed by atoms with van der Waals surface area (Å²) in [6.07, 6.45) is 2.82. The van der Waals surface area contributed by atoms with E-state index < -0.39 is 11.9 Å². The smallest absolute Gasteiger partial charge is 0.331 e. The number of halogens is 1. The van der Waals surface area contributed by atoms with Crippen LogP contribution in [0.5, 0.6) is 5.75 Å². The molecular formula is C19H18ClNO4. The van der Waals surface area contributed by atoms with Crippen molar-refractivity contribution >= 4 is 29.6 Å². The van der Waals surface area contributed by atoms with Gasteiger partial charge in [0.2, 0.25) is 0 Å². The maximum absolute atomic E-state index is 11.7. The average molecular weight is 360 g/mol. The van der Waals surface area contributed by atoms with Crippen molar-refractivity contribution in [1.29, 1.82) is 0 Å². The third-order valence-electron chi connectivity index (χ3n) is 3.32. The van der Waals surface area contributed by atoms with E-state index in [0.717, 1.165) is 11.1 Å². The molecule has 25 heavy (non-hydrogen) atoms. The van der Waals surface area contributed by atoms with Crippen LogP contribution in [0, 0.1) is 0 Å². The molecule has 2 aromatic rings. The Morgan fingerprint density at radius 1 is 1.12 bits per heavy atom. The van der Waals surface area contributed by atoms with E-state index in [1.54, 1.807) is 31.4 Å². The van der Waals surface area contributed by atoms with E-state index in [-0.39, 0.29) is 13.2 Å². The molecule has 0 aliphatic carbocycles. The minimum atomic E-state index is -0.612. The highest BCUT2D eigenvalue weighted by Gasteiger charge is 2.06. The SMILES string of the molecule is COc1ccccc1/C=C/C(=O)OCC(=O)NCc1ccccc1Cl. The predicted octanol–water partition coefficient (Wildman–Crippen LogP) is 3.22. The molecule has 0 aromatic heterocycles. The minimum absolute atomic E-state index is 0.271. The van der Waals surface area contributed by atoms with Gasteiger partial charge in [-0.25, -0.2) is 4.79 Å². The molecule has 0 atom stereocenters. The molecule has 0 saturated carbocycles. The number of hydrogen-bond donors (Lipinski definition) is 1. The van der Waals surface area contributed by atoms with Crippen LogP contribution in [0.1, 0.15) is 11.1 Å². The first-order valence-electron chi connectivity index (χ1n) is 7.58. The summed E-state index contributed by atoms with van der Waals surface area (Å²) in [5.41, 5.74) is 1.53. The first-order chi connectivity index (χ1) is 12.1. The van der Waals surface area contributed by atoms with E-state index in [1.807, 2.05) is 30.3 Å². The normalized spacial score (nSPS) is 10.5. The monoisotopic (exact) mass is 359 g/mol. The van der Waals surface area contributed by atoms with Crippen LogP contribution in [0.4, 0.5) is 0 Å². The number of esters is 1. The van der Waals surface area contributed by atoms with Crippen molar-refractivity contribution < 1.29 is 19.1 Å². The van der Waals surface area contributed by atoms with Crippen LogP contribution < -0.4 is 10.1 Å². The van der Waals surface area contributed by atoms with Crippen LogP contribution in [0.2, 0.25) is 5.02 Å². The van der Waals surface area contributed by atoms with Crippen LogP contribution in [0.25, 0.3) is 6.08 Å². The first-order valence-corrected chi connectivity index (χ1v) is 7.96. The number of nitrogens with one attached hydrogen (secondary N) is 1. The molecule has 1 N–H and O–H groups in total. The number of methoxy groups -OCH3 is 1. The number of carbonyl (C=O) groups is 2. The lowest BCUT2D eigenvalue weighted by Crippen LogP contribution is -2.28. The van der Waals surface area contributed by atoms with Gasteiger partial charge in [-0.2, -0.15) is 0 Å². The number of hydrogen-bond acceptors (Lipinski definition) is 4. The van der Waals surface area contributed by atoms with Gasteiger partial charge in [0.15, 0.2) is 6.61 Å². The third-order valence-corrected chi connectivity index (χ3v) is 3.69. The van der Waals surface area contributed by atoms with Gasteiger partial charge >= 0.3 is 5.97 Å². The van der Waals surface area contributed by atoms with Crippen molar-refractivity contribution in [2.24, 2.45) is 0 Å². The summed E-state index contributed by atoms with van der Waals surface area (Å²) in [7, 11) is 1.55. The van der Waals surface area contributed by atoms with Crippen LogP contribution >= 0.6 is 11.6 Å². The second-order valence-corrected chi connectivity index (χ2v) is 5.46. The summed E-state index contributed by atoms with van der Waals surface area (Å²) in [6, 6.07) is 14.4. The molecule has 1 amide bonds. The quantitative estimate of drug-likeness (QED) is 0.609. The van der Waals surface area contributed by atoms with E-state index in [2.05, 4.69) is 5.32 Å². The molecule has 0 heterocycles. The number of carbonyl (C=O) groups excluding carboxylic acids is 2. The maximum atomic E-state index is 11.7. The van der Waals surface area contributed by atoms with Crippen LogP contribution in [0.3, 0.4) is 0 Å². The summed E-state index contributed by atoms with van der Waals surface area (Å²) < 4.78 is 10.1. The predicted molar refractivity (Wildman–Crippen MR) is 96.3 cm³/mol. The molecule has 0 saturated heterocycles. The summed E-state index contributed by atoms with van der Waals surface area (Å²) in [4.78, 5) is 23.4. The Morgan fingerprint density at radius 3 is 2.60 bits per heavy atom. The topological polar surface area (TPSA) is 64.6 Å². The van der Waals surface area contributed by atoms with Crippen LogP contribution in [0.15, 0.2) is 54.6 Å². The maximum Gasteiger partial charge on any atom is 0.331 e. The molecule has 0 radical (unpaired) electrons. The van der Waals surface area contributed by atoms with Gasteiger partial charge in [-0.15, -0.1) is 0 Å². The molecule has 2 rings (SSSR count). The molecule has 0 bridgehead atoms. The van der Waals surface area contributed by atoms with E-state index in [9.17, 15) is 9.59 Å². The molecule has 5 nitrogen and oxygen atoms in total. The molecule has 6 heteroatoms. The van der Waals surface area contributed by atoms with E-state index in [1.165, 1.54) is 6.08 Å². The van der Waals surface area contributed by atoms with Crippen molar-refractivity contribution in [3.05, 3.63) is 70.8 Å². The number of rotatable bonds is 7. The zero-order chi connectivity index (χ0) is 18.1. The lowest BCUT2D eigenvalue weighted by atomic mass is 10.2. The van der Waals surface area contributed by atoms with Gasteiger partial charge in [0, 0.05) is 23.2 Å². The van der Waals surface area contributed by atoms with E-state index >= 15 is 0 Å². The van der Waals surface area contributed by atoms with Gasteiger partial charge in [0.1, 0.15) is 5.75 Å². The van der Waals surface area contributed by atoms with E-state index in [0.29, 0.717) is 10.8 Å². The number of ether oxygens (including phenoxy) is 2. The van der Waals surface area contributed by atoms with Gasteiger partial charge in [-0.1, -0.05) is 48.0 Å². The Morgan fingerprint density at radius 2 is 1.84 bits per heavy atom. The molecule has 2 aromatic carbocycles. The van der Waals surface area contributed by atoms with Crippen molar-refractivity contribution in [3.63, 3.8) is 0 Å². The zero-order valence-corrected chi connectivity index (χ0v) is 14.5. The molecule has 0 fully saturated rings. The molecule has 0 aliphatic rings. The van der Waals surface area contributed by atoms with Crippen molar-refractivity contribution in [1.82, 2.24) is 5.32 Å². The van der Waals surface area contributed by atoms with Gasteiger partial charge in [0.25, 0.3) is 5.91 Å². The van der Waals surface area contributed by atoms with Crippen LogP contribution in [-0.4, -0.2) is 25.6 Å². The van der Waals surface area contributed by atoms with Crippen molar-refractivity contribution in [3.8, 4) is 5.75 Å². The van der Waals surface area contributed by atoms with Gasteiger partial charge in [0.05, 0.1) is 7.11 Å². The highest BCUT2D eigenvalue weighted by molar-refractivity contribution is 6.31. The number of amides is 1. The number of para-hydroxylation sites is 1. The van der Waals surface area contributed by atoms with Crippen LogP contribution in [-0.2, 0) is 20.9 Å². The Balaban J connectivity index is 1.78. The molecule has 0 aliphatic heterocycles. The lowest BCUT2D eigenvalue weighted by Gasteiger charge is -2.07. The zero-order valence-electron chi connectivity index (χ0n) is 13.7. The standard InChI is InChI=1S/C19H18ClNO4/c1-24-17-9-5-3-6-14(17)10-11-19(23)25-13-18(22)21-12-15-7-2-4-8-16(15)20/h2-11H,12-13H2,1H3,(H,21,22)/b11-10+. The summed E-state index contributed by atoms with van der Waals surface area (Å²) >= 11 is 6.00. The largest absolute Gasteiger partial charge is 0.496 e. The Kier molecular flexibility index (Phi) is 7.04. The Hall–Kier alpha value is -2.79. The second kappa shape index (κ2) is 9.49. The molecule has 0 spiro atoms. The molecule has 0 unspecified atom stereocenters. The number of benzene rings is 2. The van der Waals surface area contributed by atoms with Crippen molar-refractivity contribution in [2.75, 3.05) is 13.7 Å². The fourth-order valence-corrected chi connectivity index (χ4v) is 2.24. The minimum Gasteiger partial charge on any atom is -0.496 e.